The van der Waals surface area contributed by atoms with Crippen LogP contribution in [-0.2, 0) is 15.8 Å². The van der Waals surface area contributed by atoms with Crippen LogP contribution in [0, 0.1) is 0 Å². The molecule has 1 unspecified atom stereocenters. The average Bonchev–Trinajstić information content (AvgIpc) is 3.36. The SMILES string of the molecule is CC(Sc1nnc(NC2CC2)s1)C(=O)N1CC(=O)Nc2cc(C(F)(F)F)ccc21. The van der Waals surface area contributed by atoms with Crippen LogP contribution in [0.3, 0.4) is 0 Å². The maximum Gasteiger partial charge on any atom is 0.416 e. The maximum absolute atomic E-state index is 13.0. The van der Waals surface area contributed by atoms with Gasteiger partial charge in [-0.25, -0.2) is 0 Å². The fourth-order valence-corrected chi connectivity index (χ4v) is 4.84. The average molecular weight is 443 g/mol. The highest BCUT2D eigenvalue weighted by Crippen LogP contribution is 2.38. The lowest BCUT2D eigenvalue weighted by Gasteiger charge is -2.31. The van der Waals surface area contributed by atoms with E-state index in [1.807, 2.05) is 0 Å². The molecule has 7 nitrogen and oxygen atoms in total. The Morgan fingerprint density at radius 2 is 2.14 bits per heavy atom. The first kappa shape index (κ1) is 20.0. The molecule has 154 valence electrons. The van der Waals surface area contributed by atoms with Crippen LogP contribution in [0.15, 0.2) is 22.5 Å². The zero-order valence-corrected chi connectivity index (χ0v) is 16.7. The Labute approximate surface area is 172 Å². The number of alkyl halides is 3. The van der Waals surface area contributed by atoms with Crippen molar-refractivity contribution in [3.8, 4) is 0 Å². The van der Waals surface area contributed by atoms with Crippen LogP contribution in [-0.4, -0.2) is 39.8 Å². The number of rotatable bonds is 5. The summed E-state index contributed by atoms with van der Waals surface area (Å²) < 4.78 is 39.5. The molecule has 0 bridgehead atoms. The van der Waals surface area contributed by atoms with Gasteiger partial charge >= 0.3 is 6.18 Å². The van der Waals surface area contributed by atoms with Gasteiger partial charge in [0.25, 0.3) is 0 Å². The van der Waals surface area contributed by atoms with Gasteiger partial charge in [0.2, 0.25) is 16.9 Å². The minimum absolute atomic E-state index is 0.0338. The number of nitrogens with zero attached hydrogens (tertiary/aromatic N) is 3. The summed E-state index contributed by atoms with van der Waals surface area (Å²) in [5.74, 6) is -0.938. The Hall–Kier alpha value is -2.34. The number of halogens is 3. The molecule has 1 aliphatic carbocycles. The maximum atomic E-state index is 13.0. The van der Waals surface area contributed by atoms with Gasteiger partial charge in [0.1, 0.15) is 6.54 Å². The van der Waals surface area contributed by atoms with Gasteiger partial charge in [0.05, 0.1) is 22.2 Å². The van der Waals surface area contributed by atoms with Gasteiger partial charge in [-0.1, -0.05) is 23.1 Å². The summed E-state index contributed by atoms with van der Waals surface area (Å²) in [4.78, 5) is 26.1. The van der Waals surface area contributed by atoms with Crippen molar-refractivity contribution in [1.29, 1.82) is 0 Å². The van der Waals surface area contributed by atoms with Crippen LogP contribution < -0.4 is 15.5 Å². The molecule has 1 saturated carbocycles. The van der Waals surface area contributed by atoms with Gasteiger partial charge in [-0.15, -0.1) is 10.2 Å². The lowest BCUT2D eigenvalue weighted by molar-refractivity contribution is -0.137. The molecule has 2 N–H and O–H groups in total. The van der Waals surface area contributed by atoms with Crippen molar-refractivity contribution in [3.63, 3.8) is 0 Å². The molecule has 1 aliphatic heterocycles. The summed E-state index contributed by atoms with van der Waals surface area (Å²) in [5, 5.41) is 13.8. The third kappa shape index (κ3) is 4.47. The molecule has 2 heterocycles. The topological polar surface area (TPSA) is 87.2 Å². The van der Waals surface area contributed by atoms with Crippen LogP contribution in [0.25, 0.3) is 0 Å². The Balaban J connectivity index is 1.50. The number of carbonyl (C=O) groups excluding carboxylic acids is 2. The summed E-state index contributed by atoms with van der Waals surface area (Å²) >= 11 is 2.54. The summed E-state index contributed by atoms with van der Waals surface area (Å²) in [5.41, 5.74) is -0.685. The molecule has 1 fully saturated rings. The van der Waals surface area contributed by atoms with Crippen molar-refractivity contribution in [3.05, 3.63) is 23.8 Å². The summed E-state index contributed by atoms with van der Waals surface area (Å²) in [6, 6.07) is 3.38. The number of nitrogens with one attached hydrogen (secondary N) is 2. The van der Waals surface area contributed by atoms with Crippen molar-refractivity contribution in [2.45, 2.75) is 41.6 Å². The molecule has 1 atom stereocenters. The predicted molar refractivity (Wildman–Crippen MR) is 104 cm³/mol. The first-order valence-corrected chi connectivity index (χ1v) is 10.5. The van der Waals surface area contributed by atoms with E-state index in [1.54, 1.807) is 6.92 Å². The zero-order valence-electron chi connectivity index (χ0n) is 15.1. The lowest BCUT2D eigenvalue weighted by atomic mass is 10.1. The van der Waals surface area contributed by atoms with Crippen molar-refractivity contribution in [2.75, 3.05) is 22.1 Å². The fourth-order valence-electron chi connectivity index (χ4n) is 2.80. The summed E-state index contributed by atoms with van der Waals surface area (Å²) in [7, 11) is 0. The summed E-state index contributed by atoms with van der Waals surface area (Å²) in [6.07, 6.45) is -2.34. The first-order valence-electron chi connectivity index (χ1n) is 8.80. The number of aromatic nitrogens is 2. The zero-order chi connectivity index (χ0) is 20.8. The van der Waals surface area contributed by atoms with Crippen LogP contribution in [0.1, 0.15) is 25.3 Å². The number of thioether (sulfide) groups is 1. The van der Waals surface area contributed by atoms with Crippen molar-refractivity contribution in [2.24, 2.45) is 0 Å². The molecular weight excluding hydrogens is 427 g/mol. The molecule has 1 aromatic carbocycles. The Kier molecular flexibility index (Phi) is 5.15. The quantitative estimate of drug-likeness (QED) is 0.687. The van der Waals surface area contributed by atoms with Gasteiger partial charge in [-0.05, 0) is 38.0 Å². The number of carbonyl (C=O) groups is 2. The van der Waals surface area contributed by atoms with E-state index < -0.39 is 28.8 Å². The summed E-state index contributed by atoms with van der Waals surface area (Å²) in [6.45, 7) is 1.41. The van der Waals surface area contributed by atoms with Crippen LogP contribution in [0.4, 0.5) is 29.7 Å². The normalized spacial score (nSPS) is 17.5. The molecule has 12 heteroatoms. The van der Waals surface area contributed by atoms with E-state index in [4.69, 9.17) is 0 Å². The number of hydrogen-bond donors (Lipinski definition) is 2. The second-order valence-corrected chi connectivity index (χ2v) is 9.32. The molecule has 4 rings (SSSR count). The van der Waals surface area contributed by atoms with Crippen molar-refractivity contribution >= 4 is 51.4 Å². The van der Waals surface area contributed by atoms with Gasteiger partial charge < -0.3 is 10.6 Å². The van der Waals surface area contributed by atoms with Crippen molar-refractivity contribution in [1.82, 2.24) is 10.2 Å². The van der Waals surface area contributed by atoms with E-state index in [1.165, 1.54) is 34.1 Å². The molecule has 0 spiro atoms. The first-order chi connectivity index (χ1) is 13.7. The van der Waals surface area contributed by atoms with Crippen LogP contribution in [0.5, 0.6) is 0 Å². The Bertz CT molecular complexity index is 961. The van der Waals surface area contributed by atoms with E-state index in [0.29, 0.717) is 15.5 Å². The van der Waals surface area contributed by atoms with Gasteiger partial charge in [0, 0.05) is 6.04 Å². The van der Waals surface area contributed by atoms with E-state index in [9.17, 15) is 22.8 Å². The van der Waals surface area contributed by atoms with E-state index in [2.05, 4.69) is 20.8 Å². The smallest absolute Gasteiger partial charge is 0.357 e. The molecule has 1 aromatic heterocycles. The number of hydrogen-bond acceptors (Lipinski definition) is 7. The molecule has 29 heavy (non-hydrogen) atoms. The molecule has 2 aromatic rings. The van der Waals surface area contributed by atoms with E-state index in [0.717, 1.165) is 25.0 Å². The second-order valence-electron chi connectivity index (χ2n) is 6.75. The van der Waals surface area contributed by atoms with Crippen molar-refractivity contribution < 1.29 is 22.8 Å². The number of benzene rings is 1. The minimum atomic E-state index is -4.54. The highest BCUT2D eigenvalue weighted by molar-refractivity contribution is 8.02. The Morgan fingerprint density at radius 3 is 2.83 bits per heavy atom. The monoisotopic (exact) mass is 443 g/mol. The molecule has 2 aliphatic rings. The minimum Gasteiger partial charge on any atom is -0.357 e. The van der Waals surface area contributed by atoms with E-state index >= 15 is 0 Å². The fraction of sp³-hybridized carbons (Fsp3) is 0.412. The largest absolute Gasteiger partial charge is 0.416 e. The molecule has 0 radical (unpaired) electrons. The third-order valence-electron chi connectivity index (χ3n) is 4.39. The number of amides is 2. The Morgan fingerprint density at radius 1 is 1.38 bits per heavy atom. The van der Waals surface area contributed by atoms with Crippen LogP contribution >= 0.6 is 23.1 Å². The molecule has 2 amide bonds. The lowest BCUT2D eigenvalue weighted by Crippen LogP contribution is -2.45. The van der Waals surface area contributed by atoms with E-state index in [-0.39, 0.29) is 17.9 Å². The predicted octanol–water partition coefficient (Wildman–Crippen LogP) is 3.60. The van der Waals surface area contributed by atoms with Gasteiger partial charge in [-0.2, -0.15) is 13.2 Å². The highest BCUT2D eigenvalue weighted by Gasteiger charge is 2.35. The molecular formula is C17H16F3N5O2S2. The highest BCUT2D eigenvalue weighted by atomic mass is 32.2. The van der Waals surface area contributed by atoms with Crippen LogP contribution in [0.2, 0.25) is 0 Å². The standard InChI is InChI=1S/C17H16F3N5O2S2/c1-8(28-16-24-23-15(29-16)21-10-3-4-10)14(27)25-7-13(26)22-11-6-9(17(18,19)20)2-5-12(11)25/h2,5-6,8,10H,3-4,7H2,1H3,(H,21,23)(H,22,26). The number of anilines is 3. The van der Waals surface area contributed by atoms with Gasteiger partial charge in [-0.3, -0.25) is 14.5 Å². The second kappa shape index (κ2) is 7.48. The number of fused-ring (bicyclic) bond motifs is 1. The third-order valence-corrected chi connectivity index (χ3v) is 6.42. The van der Waals surface area contributed by atoms with Gasteiger partial charge in [0.15, 0.2) is 4.34 Å². The molecule has 0 saturated heterocycles.